The van der Waals surface area contributed by atoms with Crippen LogP contribution in [0.5, 0.6) is 0 Å². The maximum absolute atomic E-state index is 6.16. The van der Waals surface area contributed by atoms with E-state index in [0.29, 0.717) is 0 Å². The minimum absolute atomic E-state index is 1.40. The molecule has 0 aliphatic carbocycles. The zero-order valence-corrected chi connectivity index (χ0v) is 10.4. The summed E-state index contributed by atoms with van der Waals surface area (Å²) in [5.41, 5.74) is 0. The molecule has 1 aliphatic heterocycles. The van der Waals surface area contributed by atoms with Crippen LogP contribution in [0.4, 0.5) is 0 Å². The van der Waals surface area contributed by atoms with Crippen LogP contribution in [-0.4, -0.2) is 16.6 Å². The Balaban J connectivity index is 3.09. The summed E-state index contributed by atoms with van der Waals surface area (Å²) in [6, 6.07) is 0. The highest BCUT2D eigenvalue weighted by molar-refractivity contribution is 6.96. The van der Waals surface area contributed by atoms with Crippen LogP contribution in [0.3, 0.4) is 0 Å². The Kier molecular flexibility index (Phi) is 1.94. The summed E-state index contributed by atoms with van der Waals surface area (Å²) in [6.07, 6.45) is 0. The summed E-state index contributed by atoms with van der Waals surface area (Å²) in [5.74, 6) is 0. The van der Waals surface area contributed by atoms with Crippen LogP contribution in [0.1, 0.15) is 13.8 Å². The molecule has 0 aromatic carbocycles. The van der Waals surface area contributed by atoms with Crippen molar-refractivity contribution >= 4 is 16.6 Å². The average molecular weight is 186 g/mol. The molecule has 0 fully saturated rings. The van der Waals surface area contributed by atoms with Gasteiger partial charge in [-0.2, -0.15) is 0 Å². The van der Waals surface area contributed by atoms with Gasteiger partial charge < -0.3 is 4.12 Å². The molecule has 0 unspecified atom stereocenters. The first-order chi connectivity index (χ1) is 4.77. The van der Waals surface area contributed by atoms with E-state index in [9.17, 15) is 0 Å². The zero-order valence-electron chi connectivity index (χ0n) is 8.41. The first-order valence-electron chi connectivity index (χ1n) is 4.16. The van der Waals surface area contributed by atoms with Crippen LogP contribution in [0.15, 0.2) is 10.4 Å². The van der Waals surface area contributed by atoms with Gasteiger partial charge in [0.15, 0.2) is 0 Å². The minimum atomic E-state index is -1.40. The maximum atomic E-state index is 6.16. The van der Waals surface area contributed by atoms with Gasteiger partial charge in [-0.05, 0) is 40.0 Å². The molecule has 0 spiro atoms. The van der Waals surface area contributed by atoms with Crippen LogP contribution in [0.2, 0.25) is 26.2 Å². The third-order valence-electron chi connectivity index (χ3n) is 2.88. The van der Waals surface area contributed by atoms with Crippen LogP contribution in [0, 0.1) is 0 Å². The summed E-state index contributed by atoms with van der Waals surface area (Å²) in [5, 5.41) is 3.16. The zero-order chi connectivity index (χ0) is 8.86. The lowest BCUT2D eigenvalue weighted by molar-refractivity contribution is 0.575. The van der Waals surface area contributed by atoms with Gasteiger partial charge in [0.1, 0.15) is 0 Å². The first-order valence-corrected chi connectivity index (χ1v) is 9.97. The molecular weight excluding hydrogens is 168 g/mol. The highest BCUT2D eigenvalue weighted by atomic mass is 28.4. The van der Waals surface area contributed by atoms with Crippen molar-refractivity contribution in [3.8, 4) is 0 Å². The topological polar surface area (TPSA) is 9.23 Å². The van der Waals surface area contributed by atoms with Crippen molar-refractivity contribution in [3.05, 3.63) is 10.4 Å². The Bertz CT molecular complexity index is 194. The predicted octanol–water partition coefficient (Wildman–Crippen LogP) is 2.84. The van der Waals surface area contributed by atoms with Gasteiger partial charge >= 0.3 is 0 Å². The first kappa shape index (κ1) is 9.22. The second kappa shape index (κ2) is 2.31. The van der Waals surface area contributed by atoms with E-state index in [1.807, 2.05) is 0 Å². The van der Waals surface area contributed by atoms with Crippen LogP contribution >= 0.6 is 0 Å². The Hall–Kier alpha value is 0.134. The average Bonchev–Trinajstić information content (AvgIpc) is 1.91. The largest absolute Gasteiger partial charge is 0.449 e. The van der Waals surface area contributed by atoms with Crippen molar-refractivity contribution in [2.24, 2.45) is 0 Å². The second-order valence-corrected chi connectivity index (χ2v) is 12.7. The lowest BCUT2D eigenvalue weighted by Gasteiger charge is -2.24. The lowest BCUT2D eigenvalue weighted by atomic mass is 10.6. The second-order valence-electron chi connectivity index (χ2n) is 4.37. The van der Waals surface area contributed by atoms with E-state index in [1.165, 1.54) is 0 Å². The molecule has 0 aromatic rings. The summed E-state index contributed by atoms with van der Waals surface area (Å²) in [4.78, 5) is 0. The van der Waals surface area contributed by atoms with E-state index in [1.54, 1.807) is 10.4 Å². The molecule has 0 saturated carbocycles. The predicted molar refractivity (Wildman–Crippen MR) is 54.4 cm³/mol. The van der Waals surface area contributed by atoms with Crippen molar-refractivity contribution in [2.75, 3.05) is 0 Å². The molecule has 0 atom stereocenters. The van der Waals surface area contributed by atoms with E-state index in [4.69, 9.17) is 4.12 Å². The van der Waals surface area contributed by atoms with Gasteiger partial charge in [-0.15, -0.1) is 0 Å². The molecule has 1 nitrogen and oxygen atoms in total. The molecule has 0 bridgehead atoms. The molecule has 3 heteroatoms. The van der Waals surface area contributed by atoms with Gasteiger partial charge in [-0.25, -0.2) is 0 Å². The van der Waals surface area contributed by atoms with E-state index in [0.717, 1.165) is 0 Å². The SMILES string of the molecule is CC1=C(C)[Si](C)(C)O[Si]1(C)C. The van der Waals surface area contributed by atoms with Crippen molar-refractivity contribution in [1.29, 1.82) is 0 Å². The fourth-order valence-electron chi connectivity index (χ4n) is 1.69. The van der Waals surface area contributed by atoms with Crippen LogP contribution < -0.4 is 0 Å². The summed E-state index contributed by atoms with van der Waals surface area (Å²) < 4.78 is 6.16. The van der Waals surface area contributed by atoms with Gasteiger partial charge in [0.05, 0.1) is 0 Å². The standard InChI is InChI=1S/C8H18OSi2/c1-7-8(2)11(5,6)9-10(7,3)4/h1-6H3. The minimum Gasteiger partial charge on any atom is -0.449 e. The molecule has 1 aliphatic rings. The van der Waals surface area contributed by atoms with Gasteiger partial charge in [-0.1, -0.05) is 10.4 Å². The Morgan fingerprint density at radius 2 is 1.09 bits per heavy atom. The van der Waals surface area contributed by atoms with E-state index >= 15 is 0 Å². The molecule has 0 aromatic heterocycles. The normalized spacial score (nSPS) is 27.8. The van der Waals surface area contributed by atoms with Crippen molar-refractivity contribution in [2.45, 2.75) is 40.0 Å². The molecule has 0 saturated heterocycles. The molecular formula is C8H18OSi2. The number of allylic oxidation sites excluding steroid dienone is 2. The third kappa shape index (κ3) is 1.37. The van der Waals surface area contributed by atoms with Crippen LogP contribution in [0.25, 0.3) is 0 Å². The molecule has 1 heterocycles. The van der Waals surface area contributed by atoms with Gasteiger partial charge in [0.25, 0.3) is 0 Å². The fourth-order valence-corrected chi connectivity index (χ4v) is 11.6. The maximum Gasteiger partial charge on any atom is 0.201 e. The van der Waals surface area contributed by atoms with Crippen molar-refractivity contribution in [3.63, 3.8) is 0 Å². The Morgan fingerprint density at radius 1 is 0.818 bits per heavy atom. The van der Waals surface area contributed by atoms with E-state index in [2.05, 4.69) is 40.0 Å². The van der Waals surface area contributed by atoms with Crippen molar-refractivity contribution < 1.29 is 4.12 Å². The lowest BCUT2D eigenvalue weighted by Crippen LogP contribution is -2.37. The van der Waals surface area contributed by atoms with Crippen LogP contribution in [-0.2, 0) is 4.12 Å². The van der Waals surface area contributed by atoms with Gasteiger partial charge in [0.2, 0.25) is 16.6 Å². The molecule has 0 amide bonds. The van der Waals surface area contributed by atoms with E-state index < -0.39 is 16.6 Å². The molecule has 1 rings (SSSR count). The summed E-state index contributed by atoms with van der Waals surface area (Å²) >= 11 is 0. The summed E-state index contributed by atoms with van der Waals surface area (Å²) in [6.45, 7) is 13.7. The smallest absolute Gasteiger partial charge is 0.201 e. The summed E-state index contributed by atoms with van der Waals surface area (Å²) in [7, 11) is -2.80. The number of hydrogen-bond acceptors (Lipinski definition) is 1. The van der Waals surface area contributed by atoms with Crippen molar-refractivity contribution in [1.82, 2.24) is 0 Å². The highest BCUT2D eigenvalue weighted by Crippen LogP contribution is 2.36. The molecule has 64 valence electrons. The molecule has 11 heavy (non-hydrogen) atoms. The van der Waals surface area contributed by atoms with Gasteiger partial charge in [0, 0.05) is 0 Å². The quantitative estimate of drug-likeness (QED) is 0.529. The number of hydrogen-bond donors (Lipinski definition) is 0. The number of rotatable bonds is 0. The third-order valence-corrected chi connectivity index (χ3v) is 11.6. The van der Waals surface area contributed by atoms with E-state index in [-0.39, 0.29) is 0 Å². The monoisotopic (exact) mass is 186 g/mol. The Morgan fingerprint density at radius 3 is 1.18 bits per heavy atom. The van der Waals surface area contributed by atoms with Gasteiger partial charge in [-0.3, -0.25) is 0 Å². The molecule has 0 N–H and O–H groups in total. The Labute approximate surface area is 71.7 Å². The fraction of sp³-hybridized carbons (Fsp3) is 0.750. The highest BCUT2D eigenvalue weighted by Gasteiger charge is 2.44. The molecule has 0 radical (unpaired) electrons.